The first-order valence-electron chi connectivity index (χ1n) is 7.04. The van der Waals surface area contributed by atoms with Crippen LogP contribution in [0, 0.1) is 0 Å². The number of nitrogens with one attached hydrogen (secondary N) is 1. The zero-order valence-electron chi connectivity index (χ0n) is 12.9. The van der Waals surface area contributed by atoms with Crippen LogP contribution in [0.25, 0.3) is 0 Å². The van der Waals surface area contributed by atoms with Crippen molar-refractivity contribution < 1.29 is 14.3 Å². The molecule has 1 heterocycles. The molecule has 1 aromatic rings. The van der Waals surface area contributed by atoms with Crippen LogP contribution in [0.2, 0.25) is 0 Å². The van der Waals surface area contributed by atoms with Crippen molar-refractivity contribution in [1.82, 2.24) is 4.57 Å². The third-order valence-corrected chi connectivity index (χ3v) is 3.41. The number of amides is 1. The van der Waals surface area contributed by atoms with E-state index in [2.05, 4.69) is 5.32 Å². The standard InChI is InChI=1S/C15H22N2O4/c1-15(2,3)21-14(19)16-12-6-5-7-17(13(12)18)10-8-11(9-10)20-4/h5-7,10-11H,8-9H2,1-4H3,(H,16,19)/t10-,11+. The first-order chi connectivity index (χ1) is 9.80. The molecule has 0 radical (unpaired) electrons. The number of hydrogen-bond donors (Lipinski definition) is 1. The Balaban J connectivity index is 2.08. The van der Waals surface area contributed by atoms with Gasteiger partial charge in [-0.05, 0) is 45.7 Å². The first kappa shape index (κ1) is 15.6. The lowest BCUT2D eigenvalue weighted by Crippen LogP contribution is -2.38. The minimum Gasteiger partial charge on any atom is -0.444 e. The number of pyridine rings is 1. The number of anilines is 1. The van der Waals surface area contributed by atoms with Crippen LogP contribution < -0.4 is 10.9 Å². The van der Waals surface area contributed by atoms with Crippen LogP contribution in [0.5, 0.6) is 0 Å². The van der Waals surface area contributed by atoms with Gasteiger partial charge in [0.25, 0.3) is 5.56 Å². The first-order valence-corrected chi connectivity index (χ1v) is 7.04. The van der Waals surface area contributed by atoms with Gasteiger partial charge in [0.1, 0.15) is 11.3 Å². The number of aromatic nitrogens is 1. The van der Waals surface area contributed by atoms with Crippen LogP contribution in [0.4, 0.5) is 10.5 Å². The minimum absolute atomic E-state index is 0.128. The third kappa shape index (κ3) is 3.85. The molecule has 0 atom stereocenters. The van der Waals surface area contributed by atoms with Gasteiger partial charge in [-0.3, -0.25) is 10.1 Å². The Morgan fingerprint density at radius 2 is 2.05 bits per heavy atom. The molecule has 6 heteroatoms. The molecule has 1 fully saturated rings. The summed E-state index contributed by atoms with van der Waals surface area (Å²) in [7, 11) is 1.67. The van der Waals surface area contributed by atoms with E-state index in [0.29, 0.717) is 0 Å². The van der Waals surface area contributed by atoms with Crippen molar-refractivity contribution in [2.45, 2.75) is 51.4 Å². The predicted octanol–water partition coefficient (Wildman–Crippen LogP) is 2.55. The average molecular weight is 294 g/mol. The normalized spacial score (nSPS) is 21.5. The Kier molecular flexibility index (Phi) is 4.37. The highest BCUT2D eigenvalue weighted by atomic mass is 16.6. The molecule has 0 spiro atoms. The van der Waals surface area contributed by atoms with E-state index < -0.39 is 11.7 Å². The molecule has 0 unspecified atom stereocenters. The van der Waals surface area contributed by atoms with Crippen LogP contribution in [-0.4, -0.2) is 29.5 Å². The van der Waals surface area contributed by atoms with E-state index in [4.69, 9.17) is 9.47 Å². The molecular weight excluding hydrogens is 272 g/mol. The lowest BCUT2D eigenvalue weighted by Gasteiger charge is -2.35. The second kappa shape index (κ2) is 5.89. The molecular formula is C15H22N2O4. The Hall–Kier alpha value is -1.82. The van der Waals surface area contributed by atoms with Gasteiger partial charge >= 0.3 is 6.09 Å². The van der Waals surface area contributed by atoms with Crippen LogP contribution in [-0.2, 0) is 9.47 Å². The van der Waals surface area contributed by atoms with Gasteiger partial charge in [0.05, 0.1) is 6.10 Å². The SMILES string of the molecule is CO[C@H]1C[C@@H](n2cccc(NC(=O)OC(C)(C)C)c2=O)C1. The summed E-state index contributed by atoms with van der Waals surface area (Å²) < 4.78 is 12.0. The van der Waals surface area contributed by atoms with Crippen molar-refractivity contribution in [3.8, 4) is 0 Å². The molecule has 21 heavy (non-hydrogen) atoms. The number of hydrogen-bond acceptors (Lipinski definition) is 4. The minimum atomic E-state index is -0.624. The number of ether oxygens (including phenoxy) is 2. The molecule has 116 valence electrons. The van der Waals surface area contributed by atoms with E-state index >= 15 is 0 Å². The number of nitrogens with zero attached hydrogens (tertiary/aromatic N) is 1. The lowest BCUT2D eigenvalue weighted by molar-refractivity contribution is 0.00519. The lowest BCUT2D eigenvalue weighted by atomic mass is 9.89. The van der Waals surface area contributed by atoms with Crippen molar-refractivity contribution in [1.29, 1.82) is 0 Å². The van der Waals surface area contributed by atoms with E-state index in [1.807, 2.05) is 0 Å². The number of carbonyl (C=O) groups excluding carboxylic acids is 1. The molecule has 1 N–H and O–H groups in total. The summed E-state index contributed by atoms with van der Waals surface area (Å²) >= 11 is 0. The maximum Gasteiger partial charge on any atom is 0.412 e. The van der Waals surface area contributed by atoms with Crippen molar-refractivity contribution in [3.05, 3.63) is 28.7 Å². The Morgan fingerprint density at radius 3 is 2.62 bits per heavy atom. The van der Waals surface area contributed by atoms with Crippen LogP contribution >= 0.6 is 0 Å². The highest BCUT2D eigenvalue weighted by Crippen LogP contribution is 2.33. The molecule has 1 amide bonds. The number of carbonyl (C=O) groups is 1. The highest BCUT2D eigenvalue weighted by Gasteiger charge is 2.31. The maximum absolute atomic E-state index is 12.4. The molecule has 2 rings (SSSR count). The number of methoxy groups -OCH3 is 1. The molecule has 0 saturated heterocycles. The third-order valence-electron chi connectivity index (χ3n) is 3.41. The quantitative estimate of drug-likeness (QED) is 0.930. The van der Waals surface area contributed by atoms with Crippen LogP contribution in [0.1, 0.15) is 39.7 Å². The summed E-state index contributed by atoms with van der Waals surface area (Å²) in [4.78, 5) is 24.1. The molecule has 0 aliphatic heterocycles. The summed E-state index contributed by atoms with van der Waals surface area (Å²) in [6.45, 7) is 5.32. The molecule has 1 saturated carbocycles. The van der Waals surface area contributed by atoms with E-state index in [1.165, 1.54) is 0 Å². The number of rotatable bonds is 3. The summed E-state index contributed by atoms with van der Waals surface area (Å²) in [5.41, 5.74) is -0.590. The summed E-state index contributed by atoms with van der Waals surface area (Å²) in [5.74, 6) is 0. The Morgan fingerprint density at radius 1 is 1.38 bits per heavy atom. The van der Waals surface area contributed by atoms with Gasteiger partial charge in [0.15, 0.2) is 0 Å². The van der Waals surface area contributed by atoms with Crippen molar-refractivity contribution in [2.75, 3.05) is 12.4 Å². The Labute approximate surface area is 124 Å². The zero-order valence-corrected chi connectivity index (χ0v) is 12.9. The van der Waals surface area contributed by atoms with Crippen LogP contribution in [0.15, 0.2) is 23.1 Å². The fourth-order valence-electron chi connectivity index (χ4n) is 2.26. The van der Waals surface area contributed by atoms with E-state index in [1.54, 1.807) is 50.8 Å². The Bertz CT molecular complexity index is 568. The average Bonchev–Trinajstić information content (AvgIpc) is 2.30. The molecule has 1 aliphatic rings. The zero-order chi connectivity index (χ0) is 15.6. The topological polar surface area (TPSA) is 69.6 Å². The summed E-state index contributed by atoms with van der Waals surface area (Å²) in [6.07, 6.45) is 2.95. The van der Waals surface area contributed by atoms with Crippen molar-refractivity contribution in [3.63, 3.8) is 0 Å². The van der Waals surface area contributed by atoms with Gasteiger partial charge in [-0.15, -0.1) is 0 Å². The summed E-state index contributed by atoms with van der Waals surface area (Å²) in [6, 6.07) is 3.45. The van der Waals surface area contributed by atoms with E-state index in [-0.39, 0.29) is 23.4 Å². The van der Waals surface area contributed by atoms with Gasteiger partial charge < -0.3 is 14.0 Å². The molecule has 0 aromatic carbocycles. The predicted molar refractivity (Wildman–Crippen MR) is 79.6 cm³/mol. The van der Waals surface area contributed by atoms with Crippen LogP contribution in [0.3, 0.4) is 0 Å². The fraction of sp³-hybridized carbons (Fsp3) is 0.600. The van der Waals surface area contributed by atoms with Crippen molar-refractivity contribution >= 4 is 11.8 Å². The second-order valence-corrected chi connectivity index (χ2v) is 6.24. The maximum atomic E-state index is 12.4. The van der Waals surface area contributed by atoms with Gasteiger partial charge in [-0.1, -0.05) is 0 Å². The second-order valence-electron chi connectivity index (χ2n) is 6.24. The molecule has 6 nitrogen and oxygen atoms in total. The smallest absolute Gasteiger partial charge is 0.412 e. The van der Waals surface area contributed by atoms with E-state index in [9.17, 15) is 9.59 Å². The van der Waals surface area contributed by atoms with Crippen molar-refractivity contribution in [2.24, 2.45) is 0 Å². The van der Waals surface area contributed by atoms with E-state index in [0.717, 1.165) is 12.8 Å². The summed E-state index contributed by atoms with van der Waals surface area (Å²) in [5, 5.41) is 2.51. The largest absolute Gasteiger partial charge is 0.444 e. The fourth-order valence-corrected chi connectivity index (χ4v) is 2.26. The van der Waals surface area contributed by atoms with Gasteiger partial charge in [-0.25, -0.2) is 4.79 Å². The van der Waals surface area contributed by atoms with Gasteiger partial charge in [-0.2, -0.15) is 0 Å². The van der Waals surface area contributed by atoms with Gasteiger partial charge in [0.2, 0.25) is 0 Å². The monoisotopic (exact) mass is 294 g/mol. The molecule has 1 aliphatic carbocycles. The van der Waals surface area contributed by atoms with Gasteiger partial charge in [0, 0.05) is 19.3 Å². The highest BCUT2D eigenvalue weighted by molar-refractivity contribution is 5.84. The molecule has 1 aromatic heterocycles. The molecule has 0 bridgehead atoms.